The van der Waals surface area contributed by atoms with Crippen molar-refractivity contribution in [2.75, 3.05) is 7.11 Å². The minimum atomic E-state index is -3.93. The molecule has 0 atom stereocenters. The van der Waals surface area contributed by atoms with Gasteiger partial charge < -0.3 is 4.74 Å². The Morgan fingerprint density at radius 1 is 0.960 bits per heavy atom. The summed E-state index contributed by atoms with van der Waals surface area (Å²) < 4.78 is 31.8. The van der Waals surface area contributed by atoms with Gasteiger partial charge in [-0.1, -0.05) is 36.4 Å². The Hall–Kier alpha value is -2.93. The fourth-order valence-corrected chi connectivity index (χ4v) is 4.41. The average Bonchev–Trinajstić information content (AvgIpc) is 2.93. The molecule has 0 bridgehead atoms. The van der Waals surface area contributed by atoms with Gasteiger partial charge in [-0.25, -0.2) is 17.2 Å². The zero-order valence-corrected chi connectivity index (χ0v) is 14.4. The van der Waals surface area contributed by atoms with E-state index in [0.717, 1.165) is 11.1 Å². The number of hydrogen-bond acceptors (Lipinski definition) is 5. The second-order valence-electron chi connectivity index (χ2n) is 5.38. The van der Waals surface area contributed by atoms with E-state index >= 15 is 0 Å². The molecule has 0 unspecified atom stereocenters. The maximum Gasteiger partial charge on any atom is 0.379 e. The van der Waals surface area contributed by atoms with Crippen molar-refractivity contribution in [2.24, 2.45) is 0 Å². The molecule has 1 heterocycles. The molecule has 0 spiro atoms. The Balaban J connectivity index is 2.37. The van der Waals surface area contributed by atoms with Crippen LogP contribution >= 0.6 is 0 Å². The number of carbonyl (C=O) groups excluding carboxylic acids is 2. The standard InChI is InChI=1S/C18H15NO5S/c1-12-16(17(20)18(21)24-2)14-10-6-7-11-15(14)19(12)25(22,23)13-8-4-3-5-9-13/h3-11H,1-2H3. The van der Waals surface area contributed by atoms with Crippen molar-refractivity contribution in [3.05, 3.63) is 65.9 Å². The van der Waals surface area contributed by atoms with Crippen molar-refractivity contribution in [3.8, 4) is 0 Å². The van der Waals surface area contributed by atoms with Gasteiger partial charge in [-0.2, -0.15) is 0 Å². The number of ether oxygens (including phenoxy) is 1. The molecule has 0 radical (unpaired) electrons. The number of fused-ring (bicyclic) bond motifs is 1. The molecule has 6 nitrogen and oxygen atoms in total. The number of Topliss-reactive ketones (excluding diaryl/α,β-unsaturated/α-hetero) is 1. The highest BCUT2D eigenvalue weighted by Crippen LogP contribution is 2.30. The van der Waals surface area contributed by atoms with Crippen LogP contribution in [-0.4, -0.2) is 31.3 Å². The lowest BCUT2D eigenvalue weighted by atomic mass is 10.1. The molecule has 0 aliphatic heterocycles. The van der Waals surface area contributed by atoms with Crippen LogP contribution in [0.2, 0.25) is 0 Å². The van der Waals surface area contributed by atoms with Crippen LogP contribution < -0.4 is 0 Å². The SMILES string of the molecule is COC(=O)C(=O)c1c(C)n(S(=O)(=O)c2ccccc2)c2ccccc12. The fourth-order valence-electron chi connectivity index (χ4n) is 2.83. The number of benzene rings is 2. The van der Waals surface area contributed by atoms with Gasteiger partial charge in [0.2, 0.25) is 0 Å². The van der Waals surface area contributed by atoms with Crippen LogP contribution in [-0.2, 0) is 19.6 Å². The number of nitrogens with zero attached hydrogens (tertiary/aromatic N) is 1. The van der Waals surface area contributed by atoms with E-state index in [1.807, 2.05) is 0 Å². The molecule has 0 saturated carbocycles. The lowest BCUT2D eigenvalue weighted by Crippen LogP contribution is -2.18. The maximum absolute atomic E-state index is 13.1. The number of rotatable bonds is 4. The number of ketones is 1. The quantitative estimate of drug-likeness (QED) is 0.407. The first-order valence-electron chi connectivity index (χ1n) is 7.43. The van der Waals surface area contributed by atoms with E-state index in [1.54, 1.807) is 42.5 Å². The molecule has 25 heavy (non-hydrogen) atoms. The summed E-state index contributed by atoms with van der Waals surface area (Å²) in [5.41, 5.74) is 0.526. The minimum absolute atomic E-state index is 0.0296. The van der Waals surface area contributed by atoms with E-state index in [2.05, 4.69) is 4.74 Å². The van der Waals surface area contributed by atoms with Crippen LogP contribution in [0.3, 0.4) is 0 Å². The van der Waals surface area contributed by atoms with Gasteiger partial charge in [0.25, 0.3) is 15.8 Å². The van der Waals surface area contributed by atoms with Gasteiger partial charge in [-0.05, 0) is 25.1 Å². The highest BCUT2D eigenvalue weighted by molar-refractivity contribution is 7.90. The van der Waals surface area contributed by atoms with E-state index < -0.39 is 21.8 Å². The first-order chi connectivity index (χ1) is 11.9. The summed E-state index contributed by atoms with van der Waals surface area (Å²) in [5, 5.41) is 0.384. The number of esters is 1. The summed E-state index contributed by atoms with van der Waals surface area (Å²) in [7, 11) is -2.82. The van der Waals surface area contributed by atoms with E-state index in [4.69, 9.17) is 0 Å². The lowest BCUT2D eigenvalue weighted by molar-refractivity contribution is -0.135. The predicted molar refractivity (Wildman–Crippen MR) is 92.0 cm³/mol. The Kier molecular flexibility index (Phi) is 4.18. The normalized spacial score (nSPS) is 11.4. The van der Waals surface area contributed by atoms with Crippen molar-refractivity contribution >= 4 is 32.7 Å². The van der Waals surface area contributed by atoms with Crippen molar-refractivity contribution < 1.29 is 22.7 Å². The fraction of sp³-hybridized carbons (Fsp3) is 0.111. The zero-order chi connectivity index (χ0) is 18.2. The number of carbonyl (C=O) groups is 2. The molecule has 0 saturated heterocycles. The summed E-state index contributed by atoms with van der Waals surface area (Å²) in [6.07, 6.45) is 0. The van der Waals surface area contributed by atoms with Gasteiger partial charge >= 0.3 is 5.97 Å². The summed E-state index contributed by atoms with van der Waals surface area (Å²) in [6.45, 7) is 1.50. The lowest BCUT2D eigenvalue weighted by Gasteiger charge is -2.10. The van der Waals surface area contributed by atoms with Crippen LogP contribution in [0.25, 0.3) is 10.9 Å². The Bertz CT molecular complexity index is 1080. The molecule has 0 aliphatic rings. The number of para-hydroxylation sites is 1. The van der Waals surface area contributed by atoms with Crippen LogP contribution in [0.4, 0.5) is 0 Å². The highest BCUT2D eigenvalue weighted by atomic mass is 32.2. The summed E-state index contributed by atoms with van der Waals surface area (Å²) in [4.78, 5) is 24.2. The monoisotopic (exact) mass is 357 g/mol. The molecule has 1 aromatic heterocycles. The summed E-state index contributed by atoms with van der Waals surface area (Å²) >= 11 is 0. The Morgan fingerprint density at radius 3 is 2.20 bits per heavy atom. The van der Waals surface area contributed by atoms with Crippen LogP contribution in [0, 0.1) is 6.92 Å². The van der Waals surface area contributed by atoms with E-state index in [-0.39, 0.29) is 16.2 Å². The third kappa shape index (κ3) is 2.62. The third-order valence-corrected chi connectivity index (χ3v) is 5.76. The first kappa shape index (κ1) is 16.9. The molecule has 0 aliphatic carbocycles. The van der Waals surface area contributed by atoms with Gasteiger partial charge in [-0.3, -0.25) is 4.79 Å². The topological polar surface area (TPSA) is 82.4 Å². The largest absolute Gasteiger partial charge is 0.463 e. The van der Waals surface area contributed by atoms with Gasteiger partial charge in [0.05, 0.1) is 23.1 Å². The molecule has 0 N–H and O–H groups in total. The maximum atomic E-state index is 13.1. The Labute approximate surface area is 144 Å². The van der Waals surface area contributed by atoms with Crippen molar-refractivity contribution in [2.45, 2.75) is 11.8 Å². The molecule has 3 aromatic rings. The first-order valence-corrected chi connectivity index (χ1v) is 8.87. The third-order valence-electron chi connectivity index (χ3n) is 3.94. The molecule has 3 rings (SSSR count). The zero-order valence-electron chi connectivity index (χ0n) is 13.6. The average molecular weight is 357 g/mol. The van der Waals surface area contributed by atoms with Crippen molar-refractivity contribution in [1.82, 2.24) is 3.97 Å². The molecule has 128 valence electrons. The molecule has 7 heteroatoms. The minimum Gasteiger partial charge on any atom is -0.463 e. The van der Waals surface area contributed by atoms with Crippen LogP contribution in [0.5, 0.6) is 0 Å². The predicted octanol–water partition coefficient (Wildman–Crippen LogP) is 2.54. The summed E-state index contributed by atoms with van der Waals surface area (Å²) in [6, 6.07) is 14.5. The van der Waals surface area contributed by atoms with Crippen LogP contribution in [0.15, 0.2) is 59.5 Å². The summed E-state index contributed by atoms with van der Waals surface area (Å²) in [5.74, 6) is -1.92. The molecular weight excluding hydrogens is 342 g/mol. The van der Waals surface area contributed by atoms with Gasteiger partial charge in [0.1, 0.15) is 0 Å². The number of methoxy groups -OCH3 is 1. The number of hydrogen-bond donors (Lipinski definition) is 0. The van der Waals surface area contributed by atoms with Crippen molar-refractivity contribution in [1.29, 1.82) is 0 Å². The molecule has 0 fully saturated rings. The van der Waals surface area contributed by atoms with Gasteiger partial charge in [0.15, 0.2) is 0 Å². The van der Waals surface area contributed by atoms with Crippen molar-refractivity contribution in [3.63, 3.8) is 0 Å². The smallest absolute Gasteiger partial charge is 0.379 e. The molecule has 0 amide bonds. The van der Waals surface area contributed by atoms with E-state index in [1.165, 1.54) is 19.1 Å². The van der Waals surface area contributed by atoms with Gasteiger partial charge in [-0.15, -0.1) is 0 Å². The highest BCUT2D eigenvalue weighted by Gasteiger charge is 2.30. The van der Waals surface area contributed by atoms with E-state index in [0.29, 0.717) is 10.9 Å². The second kappa shape index (κ2) is 6.18. The van der Waals surface area contributed by atoms with E-state index in [9.17, 15) is 18.0 Å². The second-order valence-corrected chi connectivity index (χ2v) is 7.17. The Morgan fingerprint density at radius 2 is 1.56 bits per heavy atom. The van der Waals surface area contributed by atoms with Gasteiger partial charge in [0, 0.05) is 11.1 Å². The number of aromatic nitrogens is 1. The molecular formula is C18H15NO5S. The van der Waals surface area contributed by atoms with Crippen LogP contribution in [0.1, 0.15) is 16.1 Å². The molecule has 2 aromatic carbocycles.